The minimum Gasteiger partial charge on any atom is -0.481 e. The van der Waals surface area contributed by atoms with Crippen LogP contribution in [0.3, 0.4) is 0 Å². The monoisotopic (exact) mass is 331 g/mol. The summed E-state index contributed by atoms with van der Waals surface area (Å²) in [6, 6.07) is 5.65. The van der Waals surface area contributed by atoms with Gasteiger partial charge in [0, 0.05) is 31.8 Å². The van der Waals surface area contributed by atoms with E-state index in [2.05, 4.69) is 5.10 Å². The summed E-state index contributed by atoms with van der Waals surface area (Å²) in [4.78, 5) is 25.4. The Labute approximate surface area is 138 Å². The highest BCUT2D eigenvalue weighted by Crippen LogP contribution is 2.38. The van der Waals surface area contributed by atoms with Crippen LogP contribution in [0.4, 0.5) is 4.39 Å². The van der Waals surface area contributed by atoms with E-state index in [1.165, 1.54) is 12.1 Å². The molecule has 0 radical (unpaired) electrons. The average Bonchev–Trinajstić information content (AvgIpc) is 3.08. The third kappa shape index (κ3) is 3.15. The summed E-state index contributed by atoms with van der Waals surface area (Å²) < 4.78 is 14.9. The van der Waals surface area contributed by atoms with E-state index >= 15 is 0 Å². The van der Waals surface area contributed by atoms with Crippen LogP contribution >= 0.6 is 0 Å². The number of amides is 1. The standard InChI is InChI=1S/C17H18FN3O3/c1-20-10-12(9-19-20)16-14(17(23)24)8-15(22)21(16)6-5-11-3-2-4-13(18)7-11/h2-4,7,9-10,14,16H,5-6,8H2,1H3,(H,23,24). The van der Waals surface area contributed by atoms with Gasteiger partial charge in [-0.05, 0) is 24.1 Å². The lowest BCUT2D eigenvalue weighted by Gasteiger charge is -2.26. The van der Waals surface area contributed by atoms with Crippen LogP contribution in [0.25, 0.3) is 0 Å². The van der Waals surface area contributed by atoms with Gasteiger partial charge in [0.2, 0.25) is 5.91 Å². The molecule has 24 heavy (non-hydrogen) atoms. The van der Waals surface area contributed by atoms with E-state index in [-0.39, 0.29) is 18.1 Å². The number of nitrogens with zero attached hydrogens (tertiary/aromatic N) is 3. The number of hydrogen-bond acceptors (Lipinski definition) is 3. The summed E-state index contributed by atoms with van der Waals surface area (Å²) in [6.07, 6.45) is 3.76. The van der Waals surface area contributed by atoms with Gasteiger partial charge in [-0.25, -0.2) is 4.39 Å². The maximum absolute atomic E-state index is 13.3. The Balaban J connectivity index is 1.83. The van der Waals surface area contributed by atoms with Crippen molar-refractivity contribution < 1.29 is 19.1 Å². The number of aliphatic carboxylic acids is 1. The van der Waals surface area contributed by atoms with Crippen molar-refractivity contribution in [2.45, 2.75) is 18.9 Å². The van der Waals surface area contributed by atoms with E-state index in [4.69, 9.17) is 0 Å². The van der Waals surface area contributed by atoms with Gasteiger partial charge in [-0.3, -0.25) is 14.3 Å². The first kappa shape index (κ1) is 16.2. The second kappa shape index (κ2) is 6.43. The SMILES string of the molecule is Cn1cc(C2C(C(=O)O)CC(=O)N2CCc2cccc(F)c2)cn1. The summed E-state index contributed by atoms with van der Waals surface area (Å²) in [5.41, 5.74) is 1.47. The van der Waals surface area contributed by atoms with Gasteiger partial charge in [-0.15, -0.1) is 0 Å². The van der Waals surface area contributed by atoms with Crippen LogP contribution in [0.5, 0.6) is 0 Å². The molecule has 2 aromatic rings. The Morgan fingerprint density at radius 3 is 2.88 bits per heavy atom. The molecular formula is C17H18FN3O3. The summed E-state index contributed by atoms with van der Waals surface area (Å²) in [5.74, 6) is -2.32. The smallest absolute Gasteiger partial charge is 0.309 e. The van der Waals surface area contributed by atoms with E-state index < -0.39 is 17.9 Å². The molecule has 0 spiro atoms. The van der Waals surface area contributed by atoms with Crippen molar-refractivity contribution in [2.75, 3.05) is 6.54 Å². The van der Waals surface area contributed by atoms with Crippen molar-refractivity contribution in [3.63, 3.8) is 0 Å². The Hall–Kier alpha value is -2.70. The Bertz CT molecular complexity index is 774. The van der Waals surface area contributed by atoms with E-state index in [0.29, 0.717) is 18.5 Å². The van der Waals surface area contributed by atoms with Crippen LogP contribution in [0.2, 0.25) is 0 Å². The fourth-order valence-electron chi connectivity index (χ4n) is 3.22. The molecular weight excluding hydrogens is 313 g/mol. The predicted octanol–water partition coefficient (Wildman–Crippen LogP) is 1.78. The van der Waals surface area contributed by atoms with Gasteiger partial charge in [-0.2, -0.15) is 5.10 Å². The minimum atomic E-state index is -0.995. The van der Waals surface area contributed by atoms with Crippen LogP contribution in [0.1, 0.15) is 23.6 Å². The van der Waals surface area contributed by atoms with Crippen molar-refractivity contribution in [3.05, 3.63) is 53.6 Å². The van der Waals surface area contributed by atoms with Crippen LogP contribution in [0.15, 0.2) is 36.7 Å². The average molecular weight is 331 g/mol. The van der Waals surface area contributed by atoms with Crippen LogP contribution in [-0.4, -0.2) is 38.2 Å². The van der Waals surface area contributed by atoms with Gasteiger partial charge < -0.3 is 10.0 Å². The molecule has 1 aromatic heterocycles. The number of aryl methyl sites for hydroxylation is 1. The molecule has 1 saturated heterocycles. The third-order valence-electron chi connectivity index (χ3n) is 4.35. The van der Waals surface area contributed by atoms with Crippen molar-refractivity contribution in [3.8, 4) is 0 Å². The summed E-state index contributed by atoms with van der Waals surface area (Å²) in [6.45, 7) is 0.339. The number of rotatable bonds is 5. The fourth-order valence-corrected chi connectivity index (χ4v) is 3.22. The number of carbonyl (C=O) groups excluding carboxylic acids is 1. The lowest BCUT2D eigenvalue weighted by atomic mass is 9.96. The maximum Gasteiger partial charge on any atom is 0.309 e. The summed E-state index contributed by atoms with van der Waals surface area (Å²) in [5, 5.41) is 13.5. The first-order chi connectivity index (χ1) is 11.5. The summed E-state index contributed by atoms with van der Waals surface area (Å²) in [7, 11) is 1.74. The van der Waals surface area contributed by atoms with Crippen LogP contribution in [0, 0.1) is 11.7 Å². The zero-order chi connectivity index (χ0) is 17.3. The summed E-state index contributed by atoms with van der Waals surface area (Å²) >= 11 is 0. The number of aromatic nitrogens is 2. The molecule has 1 fully saturated rings. The van der Waals surface area contributed by atoms with Crippen LogP contribution < -0.4 is 0 Å². The highest BCUT2D eigenvalue weighted by Gasteiger charge is 2.44. The van der Waals surface area contributed by atoms with Gasteiger partial charge in [0.05, 0.1) is 18.2 Å². The minimum absolute atomic E-state index is 0.0297. The number of carboxylic acids is 1. The number of hydrogen-bond donors (Lipinski definition) is 1. The predicted molar refractivity (Wildman–Crippen MR) is 83.5 cm³/mol. The van der Waals surface area contributed by atoms with Gasteiger partial charge in [0.25, 0.3) is 0 Å². The molecule has 3 rings (SSSR count). The molecule has 1 aromatic carbocycles. The normalized spacial score (nSPS) is 20.6. The zero-order valence-electron chi connectivity index (χ0n) is 13.2. The molecule has 7 heteroatoms. The maximum atomic E-state index is 13.3. The second-order valence-electron chi connectivity index (χ2n) is 6.01. The molecule has 6 nitrogen and oxygen atoms in total. The Morgan fingerprint density at radius 1 is 1.46 bits per heavy atom. The lowest BCUT2D eigenvalue weighted by molar-refractivity contribution is -0.142. The molecule has 0 saturated carbocycles. The van der Waals surface area contributed by atoms with E-state index in [0.717, 1.165) is 5.56 Å². The van der Waals surface area contributed by atoms with Crippen molar-refractivity contribution >= 4 is 11.9 Å². The molecule has 1 aliphatic rings. The molecule has 126 valence electrons. The zero-order valence-corrected chi connectivity index (χ0v) is 13.2. The molecule has 1 N–H and O–H groups in total. The van der Waals surface area contributed by atoms with Gasteiger partial charge in [0.15, 0.2) is 0 Å². The van der Waals surface area contributed by atoms with Gasteiger partial charge in [-0.1, -0.05) is 12.1 Å². The first-order valence-corrected chi connectivity index (χ1v) is 7.71. The van der Waals surface area contributed by atoms with Gasteiger partial charge in [0.1, 0.15) is 5.82 Å². The van der Waals surface area contributed by atoms with Crippen LogP contribution in [-0.2, 0) is 23.1 Å². The number of benzene rings is 1. The number of halogens is 1. The molecule has 2 heterocycles. The van der Waals surface area contributed by atoms with Crippen molar-refractivity contribution in [1.29, 1.82) is 0 Å². The van der Waals surface area contributed by atoms with Crippen molar-refractivity contribution in [2.24, 2.45) is 13.0 Å². The third-order valence-corrected chi connectivity index (χ3v) is 4.35. The van der Waals surface area contributed by atoms with Crippen molar-refractivity contribution in [1.82, 2.24) is 14.7 Å². The lowest BCUT2D eigenvalue weighted by Crippen LogP contribution is -2.32. The quantitative estimate of drug-likeness (QED) is 0.906. The molecule has 2 atom stereocenters. The second-order valence-corrected chi connectivity index (χ2v) is 6.01. The molecule has 1 amide bonds. The number of carbonyl (C=O) groups is 2. The largest absolute Gasteiger partial charge is 0.481 e. The molecule has 0 bridgehead atoms. The number of likely N-dealkylation sites (tertiary alicyclic amines) is 1. The molecule has 0 aliphatic carbocycles. The van der Waals surface area contributed by atoms with E-state index in [1.54, 1.807) is 41.2 Å². The molecule has 1 aliphatic heterocycles. The topological polar surface area (TPSA) is 75.4 Å². The molecule has 2 unspecified atom stereocenters. The Morgan fingerprint density at radius 2 is 2.25 bits per heavy atom. The highest BCUT2D eigenvalue weighted by atomic mass is 19.1. The van der Waals surface area contributed by atoms with E-state index in [1.807, 2.05) is 0 Å². The number of carboxylic acid groups (broad SMARTS) is 1. The van der Waals surface area contributed by atoms with Gasteiger partial charge >= 0.3 is 5.97 Å². The highest BCUT2D eigenvalue weighted by molar-refractivity contribution is 5.87. The first-order valence-electron chi connectivity index (χ1n) is 7.71. The fraction of sp³-hybridized carbons (Fsp3) is 0.353. The Kier molecular flexibility index (Phi) is 4.33. The van der Waals surface area contributed by atoms with E-state index in [9.17, 15) is 19.1 Å².